The molecular weight excluding hydrogens is 543 g/mol. The van der Waals surface area contributed by atoms with Crippen LogP contribution in [0.3, 0.4) is 0 Å². The van der Waals surface area contributed by atoms with Gasteiger partial charge in [0.05, 0.1) is 7.11 Å². The van der Waals surface area contributed by atoms with Crippen molar-refractivity contribution in [2.75, 3.05) is 32.5 Å². The summed E-state index contributed by atoms with van der Waals surface area (Å²) in [7, 11) is -2.07. The number of rotatable bonds is 10. The van der Waals surface area contributed by atoms with Gasteiger partial charge in [0.2, 0.25) is 0 Å². The van der Waals surface area contributed by atoms with Crippen molar-refractivity contribution >= 4 is 61.5 Å². The van der Waals surface area contributed by atoms with Gasteiger partial charge in [0.1, 0.15) is 12.1 Å². The Morgan fingerprint density at radius 3 is 2.80 bits per heavy atom. The lowest BCUT2D eigenvalue weighted by Crippen LogP contribution is -2.36. The molecule has 11 nitrogen and oxygen atoms in total. The molecule has 6 N–H and O–H groups in total. The number of anilines is 1. The summed E-state index contributed by atoms with van der Waals surface area (Å²) in [5.41, 5.74) is 7.16. The first-order valence-electron chi connectivity index (χ1n) is 8.74. The molecule has 2 aromatic heterocycles. The third kappa shape index (κ3) is 5.92. The van der Waals surface area contributed by atoms with Gasteiger partial charge in [-0.15, -0.1) is 0 Å². The fraction of sp³-hybridized carbons (Fsp3) is 0.312. The Labute approximate surface area is 191 Å². The molecule has 0 saturated heterocycles. The Kier molecular flexibility index (Phi) is 7.70. The summed E-state index contributed by atoms with van der Waals surface area (Å²) in [6.07, 6.45) is 1.41. The van der Waals surface area contributed by atoms with Crippen molar-refractivity contribution in [3.05, 3.63) is 28.1 Å². The minimum Gasteiger partial charge on any atom is -0.497 e. The second-order valence-corrected chi connectivity index (χ2v) is 9.61. The fourth-order valence-corrected chi connectivity index (χ4v) is 4.61. The molecule has 0 saturated carbocycles. The van der Waals surface area contributed by atoms with E-state index in [9.17, 15) is 8.42 Å². The highest BCUT2D eigenvalue weighted by Gasteiger charge is 2.17. The van der Waals surface area contributed by atoms with E-state index in [4.69, 9.17) is 15.6 Å². The van der Waals surface area contributed by atoms with Gasteiger partial charge in [-0.1, -0.05) is 11.8 Å². The number of fused-ring (bicyclic) bond motifs is 1. The normalized spacial score (nSPS) is 11.8. The average Bonchev–Trinajstić information content (AvgIpc) is 3.04. The van der Waals surface area contributed by atoms with Crippen molar-refractivity contribution in [2.45, 2.75) is 16.6 Å². The van der Waals surface area contributed by atoms with E-state index >= 15 is 0 Å². The van der Waals surface area contributed by atoms with Crippen LogP contribution in [0, 0.1) is 3.57 Å². The average molecular weight is 564 g/mol. The molecule has 0 fully saturated rings. The lowest BCUT2D eigenvalue weighted by atomic mass is 10.3. The Morgan fingerprint density at radius 1 is 1.27 bits per heavy atom. The Morgan fingerprint density at radius 2 is 2.07 bits per heavy atom. The molecule has 0 atom stereocenters. The first kappa shape index (κ1) is 23.0. The van der Waals surface area contributed by atoms with Crippen LogP contribution in [0.4, 0.5) is 5.82 Å². The van der Waals surface area contributed by atoms with Crippen LogP contribution in [-0.2, 0) is 16.8 Å². The number of nitrogen functional groups attached to an aromatic ring is 1. The quantitative estimate of drug-likeness (QED) is 0.204. The van der Waals surface area contributed by atoms with Crippen molar-refractivity contribution in [3.63, 3.8) is 0 Å². The highest BCUT2D eigenvalue weighted by molar-refractivity contribution is 14.1. The molecule has 3 rings (SSSR count). The van der Waals surface area contributed by atoms with E-state index in [1.807, 2.05) is 22.8 Å². The molecule has 0 aliphatic carbocycles. The minimum absolute atomic E-state index is 0.197. The van der Waals surface area contributed by atoms with E-state index < -0.39 is 10.2 Å². The fourth-order valence-electron chi connectivity index (χ4n) is 2.60. The molecule has 0 bridgehead atoms. The summed E-state index contributed by atoms with van der Waals surface area (Å²) in [6, 6.07) is 5.82. The molecule has 14 heteroatoms. The topological polar surface area (TPSA) is 163 Å². The molecular formula is C16H21IN8O3S2. The highest BCUT2D eigenvalue weighted by Crippen LogP contribution is 2.35. The van der Waals surface area contributed by atoms with Gasteiger partial charge in [0.25, 0.3) is 10.2 Å². The summed E-state index contributed by atoms with van der Waals surface area (Å²) in [4.78, 5) is 14.0. The lowest BCUT2D eigenvalue weighted by molar-refractivity contribution is 0.413. The highest BCUT2D eigenvalue weighted by atomic mass is 127. The van der Waals surface area contributed by atoms with Crippen LogP contribution in [0.2, 0.25) is 0 Å². The lowest BCUT2D eigenvalue weighted by Gasteiger charge is -2.11. The number of nitrogens with two attached hydrogens (primary N) is 2. The van der Waals surface area contributed by atoms with Gasteiger partial charge in [-0.3, -0.25) is 0 Å². The molecule has 0 amide bonds. The summed E-state index contributed by atoms with van der Waals surface area (Å²) >= 11 is 3.74. The molecule has 0 radical (unpaired) electrons. The number of benzene rings is 1. The summed E-state index contributed by atoms with van der Waals surface area (Å²) in [6.45, 7) is 1.73. The van der Waals surface area contributed by atoms with Crippen LogP contribution >= 0.6 is 34.4 Å². The molecule has 1 aromatic carbocycles. The molecule has 0 spiro atoms. The van der Waals surface area contributed by atoms with Crippen LogP contribution in [0.1, 0.15) is 0 Å². The van der Waals surface area contributed by atoms with Crippen molar-refractivity contribution in [1.29, 1.82) is 0 Å². The number of hydrogen-bond donors (Lipinski definition) is 4. The molecule has 3 aromatic rings. The van der Waals surface area contributed by atoms with E-state index in [-0.39, 0.29) is 6.54 Å². The molecule has 2 heterocycles. The Bertz CT molecular complexity index is 1140. The van der Waals surface area contributed by atoms with Crippen molar-refractivity contribution in [1.82, 2.24) is 29.6 Å². The second kappa shape index (κ2) is 10.1. The van der Waals surface area contributed by atoms with Gasteiger partial charge in [-0.25, -0.2) is 24.8 Å². The maximum atomic E-state index is 10.9. The van der Waals surface area contributed by atoms with Gasteiger partial charge < -0.3 is 20.4 Å². The number of hydrogen-bond acceptors (Lipinski definition) is 9. The number of methoxy groups -OCH3 is 1. The summed E-state index contributed by atoms with van der Waals surface area (Å²) in [5.74, 6) is 1.06. The predicted octanol–water partition coefficient (Wildman–Crippen LogP) is 0.556. The number of aromatic nitrogens is 4. The SMILES string of the molecule is COc1ccc(I)c(Sc2nc3c(N)ncnc3n2CCNCCNS(N)(=O)=O)c1. The summed E-state index contributed by atoms with van der Waals surface area (Å²) in [5, 5.41) is 8.79. The maximum Gasteiger partial charge on any atom is 0.274 e. The second-order valence-electron chi connectivity index (χ2n) is 6.06. The number of ether oxygens (including phenoxy) is 1. The van der Waals surface area contributed by atoms with Gasteiger partial charge in [-0.05, 0) is 40.8 Å². The molecule has 0 aliphatic heterocycles. The van der Waals surface area contributed by atoms with Crippen LogP contribution in [-0.4, -0.2) is 54.7 Å². The zero-order valence-corrected chi connectivity index (χ0v) is 19.8. The van der Waals surface area contributed by atoms with Gasteiger partial charge in [0.15, 0.2) is 22.1 Å². The smallest absolute Gasteiger partial charge is 0.274 e. The third-order valence-corrected chi connectivity index (χ3v) is 6.95. The van der Waals surface area contributed by atoms with Gasteiger partial charge in [-0.2, -0.15) is 8.42 Å². The molecule has 30 heavy (non-hydrogen) atoms. The molecule has 0 unspecified atom stereocenters. The summed E-state index contributed by atoms with van der Waals surface area (Å²) < 4.78 is 32.4. The van der Waals surface area contributed by atoms with E-state index in [1.54, 1.807) is 7.11 Å². The monoisotopic (exact) mass is 564 g/mol. The van der Waals surface area contributed by atoms with E-state index in [2.05, 4.69) is 47.6 Å². The van der Waals surface area contributed by atoms with Crippen molar-refractivity contribution < 1.29 is 13.2 Å². The van der Waals surface area contributed by atoms with Gasteiger partial charge in [0, 0.05) is 34.6 Å². The first-order valence-corrected chi connectivity index (χ1v) is 12.2. The van der Waals surface area contributed by atoms with E-state index in [0.717, 1.165) is 14.2 Å². The third-order valence-electron chi connectivity index (χ3n) is 3.98. The van der Waals surface area contributed by atoms with E-state index in [0.29, 0.717) is 41.8 Å². The number of imidazole rings is 1. The maximum absolute atomic E-state index is 10.9. The standard InChI is InChI=1S/C16H21IN8O3S2/c1-28-10-2-3-11(17)12(8-10)29-16-24-13-14(18)21-9-22-15(13)25(16)7-6-20-4-5-23-30(19,26)27/h2-3,8-9,20,23H,4-7H2,1H3,(H2,18,21,22)(H2,19,26,27). The molecule has 0 aliphatic rings. The molecule has 162 valence electrons. The van der Waals surface area contributed by atoms with Crippen LogP contribution < -0.4 is 25.6 Å². The van der Waals surface area contributed by atoms with Crippen LogP contribution in [0.25, 0.3) is 11.2 Å². The van der Waals surface area contributed by atoms with Crippen LogP contribution in [0.5, 0.6) is 5.75 Å². The number of nitrogens with one attached hydrogen (secondary N) is 2. The van der Waals surface area contributed by atoms with Gasteiger partial charge >= 0.3 is 0 Å². The number of nitrogens with zero attached hydrogens (tertiary/aromatic N) is 4. The van der Waals surface area contributed by atoms with Crippen LogP contribution in [0.15, 0.2) is 34.6 Å². The zero-order chi connectivity index (χ0) is 21.7. The number of halogens is 1. The largest absolute Gasteiger partial charge is 0.497 e. The van der Waals surface area contributed by atoms with E-state index in [1.165, 1.54) is 18.1 Å². The first-order chi connectivity index (χ1) is 14.3. The Balaban J connectivity index is 1.79. The minimum atomic E-state index is -3.69. The van der Waals surface area contributed by atoms with Crippen molar-refractivity contribution in [3.8, 4) is 5.75 Å². The predicted molar refractivity (Wildman–Crippen MR) is 124 cm³/mol. The Hall–Kier alpha value is -1.72. The zero-order valence-electron chi connectivity index (χ0n) is 16.0. The van der Waals surface area contributed by atoms with Crippen molar-refractivity contribution in [2.24, 2.45) is 5.14 Å².